The van der Waals surface area contributed by atoms with Crippen molar-refractivity contribution < 1.29 is 14.4 Å². The molecule has 1 aromatic carbocycles. The number of anilines is 4. The van der Waals surface area contributed by atoms with Gasteiger partial charge in [-0.25, -0.2) is 9.97 Å². The number of piperidine rings is 2. The summed E-state index contributed by atoms with van der Waals surface area (Å²) in [5.41, 5.74) is 4.63. The Hall–Kier alpha value is -5.04. The van der Waals surface area contributed by atoms with Crippen LogP contribution in [0, 0.1) is 0 Å². The standard InChI is InChI=1S/C37H46N10O3/c1-44(2)36(50)31-20-25-21-39-37(43-34(25)47(31)28-6-4-5-7-28)41-32-14-12-29(22-38-32)46-18-16-27(17-19-46)45(3)23-24-8-10-26(11-9-24)40-30-13-15-33(48)42-35(30)49/h8-12,14,20-22,27-28,30,40H,4-7,13,15-19,23H2,1-3H3,(H,42,48,49)(H,38,39,41,43). The third kappa shape index (κ3) is 7.28. The van der Waals surface area contributed by atoms with Crippen LogP contribution in [0.15, 0.2) is 54.9 Å². The Balaban J connectivity index is 0.927. The molecule has 1 saturated carbocycles. The van der Waals surface area contributed by atoms with Gasteiger partial charge in [0.2, 0.25) is 17.8 Å². The molecule has 3 fully saturated rings. The van der Waals surface area contributed by atoms with Crippen molar-refractivity contribution in [2.75, 3.05) is 49.8 Å². The first-order chi connectivity index (χ1) is 24.2. The second-order valence-electron chi connectivity index (χ2n) is 14.0. The molecule has 50 heavy (non-hydrogen) atoms. The first-order valence-electron chi connectivity index (χ1n) is 17.7. The van der Waals surface area contributed by atoms with E-state index in [4.69, 9.17) is 9.97 Å². The Kier molecular flexibility index (Phi) is 9.66. The van der Waals surface area contributed by atoms with E-state index < -0.39 is 0 Å². The minimum Gasteiger partial charge on any atom is -0.374 e. The maximum atomic E-state index is 13.0. The first-order valence-corrected chi connectivity index (χ1v) is 17.7. The fourth-order valence-corrected chi connectivity index (χ4v) is 7.48. The molecule has 13 heteroatoms. The third-order valence-electron chi connectivity index (χ3n) is 10.3. The highest BCUT2D eigenvalue weighted by Gasteiger charge is 2.28. The van der Waals surface area contributed by atoms with Crippen molar-refractivity contribution in [2.45, 2.75) is 76.0 Å². The smallest absolute Gasteiger partial charge is 0.270 e. The lowest BCUT2D eigenvalue weighted by Crippen LogP contribution is -2.47. The number of benzene rings is 1. The summed E-state index contributed by atoms with van der Waals surface area (Å²) in [6, 6.07) is 14.5. The van der Waals surface area contributed by atoms with Crippen LogP contribution in [-0.2, 0) is 16.1 Å². The van der Waals surface area contributed by atoms with Gasteiger partial charge in [-0.05, 0) is 75.0 Å². The highest BCUT2D eigenvalue weighted by molar-refractivity contribution is 6.01. The van der Waals surface area contributed by atoms with Gasteiger partial charge in [0, 0.05) is 69.5 Å². The summed E-state index contributed by atoms with van der Waals surface area (Å²) < 4.78 is 2.12. The van der Waals surface area contributed by atoms with Crippen LogP contribution in [0.5, 0.6) is 0 Å². The van der Waals surface area contributed by atoms with E-state index >= 15 is 0 Å². The number of nitrogens with zero attached hydrogens (tertiary/aromatic N) is 7. The minimum atomic E-state index is -0.381. The van der Waals surface area contributed by atoms with Crippen LogP contribution in [0.1, 0.15) is 73.5 Å². The summed E-state index contributed by atoms with van der Waals surface area (Å²) in [6.07, 6.45) is 11.1. The highest BCUT2D eigenvalue weighted by atomic mass is 16.2. The second kappa shape index (κ2) is 14.4. The Bertz CT molecular complexity index is 1840. The SMILES string of the molecule is CN(C)C(=O)c1cc2cnc(Nc3ccc(N4CCC(N(C)Cc5ccc(NC6CCC(=O)NC6=O)cc5)CC4)cn3)nc2n1C1CCCC1. The average Bonchev–Trinajstić information content (AvgIpc) is 3.78. The van der Waals surface area contributed by atoms with Gasteiger partial charge in [-0.15, -0.1) is 0 Å². The van der Waals surface area contributed by atoms with E-state index in [1.807, 2.05) is 30.5 Å². The first kappa shape index (κ1) is 33.5. The summed E-state index contributed by atoms with van der Waals surface area (Å²) in [6.45, 7) is 2.74. The van der Waals surface area contributed by atoms with Gasteiger partial charge >= 0.3 is 0 Å². The van der Waals surface area contributed by atoms with Crippen molar-refractivity contribution >= 4 is 51.9 Å². The molecule has 3 amide bonds. The molecule has 262 valence electrons. The van der Waals surface area contributed by atoms with Gasteiger partial charge in [0.15, 0.2) is 0 Å². The molecule has 7 rings (SSSR count). The van der Waals surface area contributed by atoms with Crippen LogP contribution < -0.4 is 20.9 Å². The Labute approximate surface area is 292 Å². The Morgan fingerprint density at radius 1 is 0.940 bits per heavy atom. The van der Waals surface area contributed by atoms with E-state index in [2.05, 4.69) is 60.5 Å². The number of carbonyl (C=O) groups excluding carboxylic acids is 3. The number of hydrogen-bond acceptors (Lipinski definition) is 10. The summed E-state index contributed by atoms with van der Waals surface area (Å²) >= 11 is 0. The Morgan fingerprint density at radius 3 is 2.38 bits per heavy atom. The predicted molar refractivity (Wildman–Crippen MR) is 194 cm³/mol. The lowest BCUT2D eigenvalue weighted by Gasteiger charge is -2.37. The van der Waals surface area contributed by atoms with Crippen LogP contribution in [0.3, 0.4) is 0 Å². The number of fused-ring (bicyclic) bond motifs is 1. The van der Waals surface area contributed by atoms with Gasteiger partial charge in [-0.1, -0.05) is 25.0 Å². The molecule has 5 heterocycles. The molecule has 1 unspecified atom stereocenters. The number of rotatable bonds is 10. The maximum Gasteiger partial charge on any atom is 0.270 e. The molecule has 3 aromatic heterocycles. The van der Waals surface area contributed by atoms with Crippen LogP contribution in [-0.4, -0.2) is 93.4 Å². The molecule has 2 saturated heterocycles. The topological polar surface area (TPSA) is 141 Å². The van der Waals surface area contributed by atoms with Gasteiger partial charge in [-0.3, -0.25) is 24.6 Å². The lowest BCUT2D eigenvalue weighted by atomic mass is 10.0. The van der Waals surface area contributed by atoms with Crippen molar-refractivity contribution in [3.8, 4) is 0 Å². The third-order valence-corrected chi connectivity index (χ3v) is 10.3. The zero-order chi connectivity index (χ0) is 34.8. The molecular formula is C37H46N10O3. The number of hydrogen-bond donors (Lipinski definition) is 3. The van der Waals surface area contributed by atoms with E-state index in [-0.39, 0.29) is 29.8 Å². The normalized spacial score (nSPS) is 18.9. The highest BCUT2D eigenvalue weighted by Crippen LogP contribution is 2.35. The number of nitrogens with one attached hydrogen (secondary N) is 3. The summed E-state index contributed by atoms with van der Waals surface area (Å²) in [5, 5.41) is 9.78. The largest absolute Gasteiger partial charge is 0.374 e. The maximum absolute atomic E-state index is 13.0. The second-order valence-corrected chi connectivity index (χ2v) is 14.0. The molecule has 0 bridgehead atoms. The molecule has 1 aliphatic carbocycles. The molecule has 0 radical (unpaired) electrons. The number of carbonyl (C=O) groups is 3. The van der Waals surface area contributed by atoms with Crippen LogP contribution in [0.4, 0.5) is 23.1 Å². The minimum absolute atomic E-state index is 0.0229. The van der Waals surface area contributed by atoms with Gasteiger partial charge < -0.3 is 25.0 Å². The number of pyridine rings is 1. The zero-order valence-electron chi connectivity index (χ0n) is 29.1. The van der Waals surface area contributed by atoms with E-state index in [1.165, 1.54) is 5.56 Å². The fraction of sp³-hybridized carbons (Fsp3) is 0.459. The number of amides is 3. The number of aromatic nitrogens is 4. The molecule has 0 spiro atoms. The summed E-state index contributed by atoms with van der Waals surface area (Å²) in [4.78, 5) is 57.1. The van der Waals surface area contributed by atoms with E-state index in [9.17, 15) is 14.4 Å². The molecular weight excluding hydrogens is 632 g/mol. The van der Waals surface area contributed by atoms with Gasteiger partial charge in [0.05, 0.1) is 11.9 Å². The van der Waals surface area contributed by atoms with Gasteiger partial charge in [-0.2, -0.15) is 4.98 Å². The summed E-state index contributed by atoms with van der Waals surface area (Å²) in [5.74, 6) is 0.640. The quantitative estimate of drug-likeness (QED) is 0.202. The molecule has 3 aliphatic rings. The molecule has 3 N–H and O–H groups in total. The fourth-order valence-electron chi connectivity index (χ4n) is 7.48. The molecule has 1 atom stereocenters. The van der Waals surface area contributed by atoms with Crippen molar-refractivity contribution in [1.29, 1.82) is 0 Å². The molecule has 2 aliphatic heterocycles. The van der Waals surface area contributed by atoms with Crippen LogP contribution in [0.2, 0.25) is 0 Å². The van der Waals surface area contributed by atoms with Gasteiger partial charge in [0.1, 0.15) is 23.2 Å². The van der Waals surface area contributed by atoms with Gasteiger partial charge in [0.25, 0.3) is 5.91 Å². The number of imide groups is 1. The molecule has 4 aromatic rings. The van der Waals surface area contributed by atoms with Crippen molar-refractivity contribution in [3.63, 3.8) is 0 Å². The van der Waals surface area contributed by atoms with Crippen LogP contribution >= 0.6 is 0 Å². The monoisotopic (exact) mass is 678 g/mol. The molecule has 13 nitrogen and oxygen atoms in total. The van der Waals surface area contributed by atoms with Crippen LogP contribution in [0.25, 0.3) is 11.0 Å². The average molecular weight is 679 g/mol. The van der Waals surface area contributed by atoms with E-state index in [0.717, 1.165) is 80.6 Å². The van der Waals surface area contributed by atoms with E-state index in [0.29, 0.717) is 36.3 Å². The van der Waals surface area contributed by atoms with Crippen molar-refractivity contribution in [2.24, 2.45) is 0 Å². The lowest BCUT2D eigenvalue weighted by molar-refractivity contribution is -0.133. The van der Waals surface area contributed by atoms with E-state index in [1.54, 1.807) is 25.2 Å². The van der Waals surface area contributed by atoms with Crippen molar-refractivity contribution in [3.05, 3.63) is 66.1 Å². The summed E-state index contributed by atoms with van der Waals surface area (Å²) in [7, 11) is 5.75. The zero-order valence-corrected chi connectivity index (χ0v) is 29.1. The predicted octanol–water partition coefficient (Wildman–Crippen LogP) is 4.70. The Morgan fingerprint density at radius 2 is 1.70 bits per heavy atom. The van der Waals surface area contributed by atoms with Crippen molar-refractivity contribution in [1.82, 2.24) is 34.6 Å².